The molecule has 1 saturated heterocycles. The monoisotopic (exact) mass is 237 g/mol. The summed E-state index contributed by atoms with van der Waals surface area (Å²) in [6.07, 6.45) is 5.56. The van der Waals surface area contributed by atoms with Gasteiger partial charge in [0.25, 0.3) is 0 Å². The van der Waals surface area contributed by atoms with Crippen molar-refractivity contribution in [3.63, 3.8) is 0 Å². The van der Waals surface area contributed by atoms with Crippen molar-refractivity contribution >= 4 is 5.97 Å². The molecule has 1 aromatic rings. The second kappa shape index (κ2) is 5.87. The first-order chi connectivity index (χ1) is 8.31. The van der Waals surface area contributed by atoms with E-state index in [0.717, 1.165) is 26.0 Å². The average molecular weight is 237 g/mol. The number of carbonyl (C=O) groups is 1. The number of ether oxygens (including phenoxy) is 2. The molecule has 4 nitrogen and oxygen atoms in total. The fraction of sp³-hybridized carbons (Fsp3) is 0.615. The number of hydrogen-bond acceptors (Lipinski definition) is 3. The quantitative estimate of drug-likeness (QED) is 0.754. The van der Waals surface area contributed by atoms with Crippen LogP contribution in [0.25, 0.3) is 0 Å². The molecule has 0 N–H and O–H groups in total. The summed E-state index contributed by atoms with van der Waals surface area (Å²) in [7, 11) is 0. The summed E-state index contributed by atoms with van der Waals surface area (Å²) in [6, 6.07) is 3.66. The Morgan fingerprint density at radius 2 is 2.47 bits per heavy atom. The molecule has 0 radical (unpaired) electrons. The van der Waals surface area contributed by atoms with Gasteiger partial charge >= 0.3 is 5.97 Å². The van der Waals surface area contributed by atoms with Crippen LogP contribution in [-0.2, 0) is 16.0 Å². The van der Waals surface area contributed by atoms with E-state index in [4.69, 9.17) is 9.47 Å². The van der Waals surface area contributed by atoms with Gasteiger partial charge in [-0.2, -0.15) is 0 Å². The van der Waals surface area contributed by atoms with Crippen LogP contribution in [0, 0.1) is 0 Å². The molecule has 17 heavy (non-hydrogen) atoms. The minimum atomic E-state index is -0.256. The highest BCUT2D eigenvalue weighted by atomic mass is 16.5. The van der Waals surface area contributed by atoms with Gasteiger partial charge in [-0.3, -0.25) is 0 Å². The Morgan fingerprint density at radius 3 is 3.18 bits per heavy atom. The van der Waals surface area contributed by atoms with Gasteiger partial charge in [0, 0.05) is 19.3 Å². The average Bonchev–Trinajstić information content (AvgIpc) is 2.79. The van der Waals surface area contributed by atoms with Gasteiger partial charge in [0.05, 0.1) is 12.7 Å². The Bertz CT molecular complexity index is 366. The van der Waals surface area contributed by atoms with Crippen LogP contribution in [0.3, 0.4) is 0 Å². The lowest BCUT2D eigenvalue weighted by Gasteiger charge is -2.23. The van der Waals surface area contributed by atoms with E-state index >= 15 is 0 Å². The van der Waals surface area contributed by atoms with Gasteiger partial charge in [0.2, 0.25) is 0 Å². The van der Waals surface area contributed by atoms with Crippen molar-refractivity contribution in [2.24, 2.45) is 0 Å². The van der Waals surface area contributed by atoms with Crippen LogP contribution in [-0.4, -0.2) is 29.9 Å². The predicted octanol–water partition coefficient (Wildman–Crippen LogP) is 2.23. The SMILES string of the molecule is CCOC(=O)c1cccn1CC1CCCCO1. The molecule has 1 unspecified atom stereocenters. The number of esters is 1. The first kappa shape index (κ1) is 12.2. The molecule has 0 bridgehead atoms. The number of carbonyl (C=O) groups excluding carboxylic acids is 1. The first-order valence-electron chi connectivity index (χ1n) is 6.25. The van der Waals surface area contributed by atoms with Crippen molar-refractivity contribution in [3.05, 3.63) is 24.0 Å². The zero-order valence-electron chi connectivity index (χ0n) is 10.2. The van der Waals surface area contributed by atoms with Crippen LogP contribution >= 0.6 is 0 Å². The van der Waals surface area contributed by atoms with Crippen LogP contribution in [0.1, 0.15) is 36.7 Å². The summed E-state index contributed by atoms with van der Waals surface area (Å²) in [5.41, 5.74) is 0.612. The van der Waals surface area contributed by atoms with Crippen molar-refractivity contribution in [1.82, 2.24) is 4.57 Å². The highest BCUT2D eigenvalue weighted by molar-refractivity contribution is 5.87. The Balaban J connectivity index is 2.00. The third kappa shape index (κ3) is 3.09. The van der Waals surface area contributed by atoms with E-state index in [-0.39, 0.29) is 12.1 Å². The molecule has 0 amide bonds. The van der Waals surface area contributed by atoms with Crippen LogP contribution in [0.4, 0.5) is 0 Å². The topological polar surface area (TPSA) is 40.5 Å². The van der Waals surface area contributed by atoms with Crippen molar-refractivity contribution in [2.75, 3.05) is 13.2 Å². The molecule has 1 atom stereocenters. The second-order valence-corrected chi connectivity index (χ2v) is 4.25. The Kier molecular flexibility index (Phi) is 4.20. The first-order valence-corrected chi connectivity index (χ1v) is 6.25. The molecule has 1 fully saturated rings. The van der Waals surface area contributed by atoms with Crippen LogP contribution in [0.5, 0.6) is 0 Å². The maximum atomic E-state index is 11.7. The molecule has 1 aliphatic rings. The van der Waals surface area contributed by atoms with Crippen LogP contribution in [0.2, 0.25) is 0 Å². The van der Waals surface area contributed by atoms with Gasteiger partial charge in [-0.15, -0.1) is 0 Å². The predicted molar refractivity (Wildman–Crippen MR) is 64.0 cm³/mol. The molecule has 94 valence electrons. The van der Waals surface area contributed by atoms with E-state index in [9.17, 15) is 4.79 Å². The maximum Gasteiger partial charge on any atom is 0.354 e. The lowest BCUT2D eigenvalue weighted by molar-refractivity contribution is 0.00517. The van der Waals surface area contributed by atoms with Gasteiger partial charge in [0.1, 0.15) is 5.69 Å². The summed E-state index contributed by atoms with van der Waals surface area (Å²) in [4.78, 5) is 11.7. The minimum absolute atomic E-state index is 0.226. The number of nitrogens with zero attached hydrogens (tertiary/aromatic N) is 1. The fourth-order valence-electron chi connectivity index (χ4n) is 2.13. The standard InChI is InChI=1S/C13H19NO3/c1-2-16-13(15)12-7-5-8-14(12)10-11-6-3-4-9-17-11/h5,7-8,11H,2-4,6,9-10H2,1H3. The maximum absolute atomic E-state index is 11.7. The van der Waals surface area contributed by atoms with E-state index in [0.29, 0.717) is 12.3 Å². The van der Waals surface area contributed by atoms with E-state index in [2.05, 4.69) is 0 Å². The largest absolute Gasteiger partial charge is 0.461 e. The molecule has 2 heterocycles. The van der Waals surface area contributed by atoms with Crippen LogP contribution in [0.15, 0.2) is 18.3 Å². The van der Waals surface area contributed by atoms with Gasteiger partial charge in [-0.05, 0) is 38.3 Å². The van der Waals surface area contributed by atoms with Crippen molar-refractivity contribution in [3.8, 4) is 0 Å². The second-order valence-electron chi connectivity index (χ2n) is 4.25. The van der Waals surface area contributed by atoms with Crippen molar-refractivity contribution < 1.29 is 14.3 Å². The van der Waals surface area contributed by atoms with Gasteiger partial charge < -0.3 is 14.0 Å². The van der Waals surface area contributed by atoms with Gasteiger partial charge in [-0.25, -0.2) is 4.79 Å². The number of rotatable bonds is 4. The lowest BCUT2D eigenvalue weighted by atomic mass is 10.1. The third-order valence-electron chi connectivity index (χ3n) is 2.99. The summed E-state index contributed by atoms with van der Waals surface area (Å²) < 4.78 is 12.6. The van der Waals surface area contributed by atoms with E-state index in [1.165, 1.54) is 6.42 Å². The molecule has 1 aromatic heterocycles. The van der Waals surface area contributed by atoms with Gasteiger partial charge in [-0.1, -0.05) is 0 Å². The smallest absolute Gasteiger partial charge is 0.354 e. The van der Waals surface area contributed by atoms with Crippen molar-refractivity contribution in [2.45, 2.75) is 38.8 Å². The number of aromatic nitrogens is 1. The van der Waals surface area contributed by atoms with Gasteiger partial charge in [0.15, 0.2) is 0 Å². The summed E-state index contributed by atoms with van der Waals surface area (Å²) in [5, 5.41) is 0. The lowest BCUT2D eigenvalue weighted by Crippen LogP contribution is -2.26. The molecule has 0 aliphatic carbocycles. The Morgan fingerprint density at radius 1 is 1.59 bits per heavy atom. The fourth-order valence-corrected chi connectivity index (χ4v) is 2.13. The molecular weight excluding hydrogens is 218 g/mol. The summed E-state index contributed by atoms with van der Waals surface area (Å²) in [6.45, 7) is 3.79. The highest BCUT2D eigenvalue weighted by Crippen LogP contribution is 2.16. The Labute approximate surface area is 102 Å². The highest BCUT2D eigenvalue weighted by Gasteiger charge is 2.18. The molecular formula is C13H19NO3. The molecule has 1 aliphatic heterocycles. The third-order valence-corrected chi connectivity index (χ3v) is 2.99. The molecule has 0 aromatic carbocycles. The molecule has 4 heteroatoms. The summed E-state index contributed by atoms with van der Waals surface area (Å²) >= 11 is 0. The van der Waals surface area contributed by atoms with Crippen molar-refractivity contribution in [1.29, 1.82) is 0 Å². The summed E-state index contributed by atoms with van der Waals surface area (Å²) in [5.74, 6) is -0.256. The minimum Gasteiger partial charge on any atom is -0.461 e. The molecule has 0 saturated carbocycles. The Hall–Kier alpha value is -1.29. The van der Waals surface area contributed by atoms with Crippen LogP contribution < -0.4 is 0 Å². The number of hydrogen-bond donors (Lipinski definition) is 0. The zero-order valence-corrected chi connectivity index (χ0v) is 10.2. The van der Waals surface area contributed by atoms with E-state index < -0.39 is 0 Å². The molecule has 0 spiro atoms. The zero-order chi connectivity index (χ0) is 12.1. The van der Waals surface area contributed by atoms with E-state index in [1.54, 1.807) is 6.07 Å². The normalized spacial score (nSPS) is 20.2. The van der Waals surface area contributed by atoms with E-state index in [1.807, 2.05) is 23.8 Å². The molecule has 2 rings (SSSR count).